The molecule has 2 aromatic heterocycles. The van der Waals surface area contributed by atoms with Crippen molar-refractivity contribution in [1.82, 2.24) is 9.97 Å². The standard InChI is InChI=1S/C15H15BrN4S/c1-3-17-15-19-13(10-7-8-21-14(10)20-15)18-11-6-4-5-9(2)12(11)16/h4-8H,3H2,1-2H3,(H2,17,18,19,20). The van der Waals surface area contributed by atoms with E-state index in [1.165, 1.54) is 5.56 Å². The van der Waals surface area contributed by atoms with Gasteiger partial charge in [-0.2, -0.15) is 4.98 Å². The average molecular weight is 363 g/mol. The number of aryl methyl sites for hydroxylation is 1. The highest BCUT2D eigenvalue weighted by molar-refractivity contribution is 9.10. The second kappa shape index (κ2) is 5.99. The first kappa shape index (κ1) is 14.3. The third-order valence-corrected chi connectivity index (χ3v) is 4.96. The van der Waals surface area contributed by atoms with Crippen LogP contribution in [0.2, 0.25) is 0 Å². The van der Waals surface area contributed by atoms with Crippen molar-refractivity contribution in [3.05, 3.63) is 39.7 Å². The molecule has 3 aromatic rings. The SMILES string of the molecule is CCNc1nc(Nc2cccc(C)c2Br)c2ccsc2n1. The van der Waals surface area contributed by atoms with Gasteiger partial charge in [-0.1, -0.05) is 12.1 Å². The van der Waals surface area contributed by atoms with Crippen LogP contribution in [0.25, 0.3) is 10.2 Å². The van der Waals surface area contributed by atoms with Crippen LogP contribution in [0, 0.1) is 6.92 Å². The van der Waals surface area contributed by atoms with Gasteiger partial charge in [-0.3, -0.25) is 0 Å². The lowest BCUT2D eigenvalue weighted by Crippen LogP contribution is -2.04. The van der Waals surface area contributed by atoms with Crippen LogP contribution in [0.4, 0.5) is 17.5 Å². The summed E-state index contributed by atoms with van der Waals surface area (Å²) in [6, 6.07) is 8.17. The highest BCUT2D eigenvalue weighted by Crippen LogP contribution is 2.32. The Balaban J connectivity index is 2.06. The zero-order valence-corrected chi connectivity index (χ0v) is 14.2. The van der Waals surface area contributed by atoms with E-state index in [1.807, 2.05) is 30.5 Å². The van der Waals surface area contributed by atoms with Crippen LogP contribution in [0.5, 0.6) is 0 Å². The summed E-state index contributed by atoms with van der Waals surface area (Å²) in [7, 11) is 0. The van der Waals surface area contributed by atoms with E-state index in [0.29, 0.717) is 5.95 Å². The number of fused-ring (bicyclic) bond motifs is 1. The molecule has 0 unspecified atom stereocenters. The molecule has 4 nitrogen and oxygen atoms in total. The quantitative estimate of drug-likeness (QED) is 0.690. The summed E-state index contributed by atoms with van der Waals surface area (Å²) < 4.78 is 1.05. The molecule has 0 bridgehead atoms. The van der Waals surface area contributed by atoms with E-state index in [2.05, 4.69) is 49.5 Å². The normalized spacial score (nSPS) is 10.8. The van der Waals surface area contributed by atoms with Crippen LogP contribution in [0.3, 0.4) is 0 Å². The Bertz CT molecular complexity index is 784. The molecule has 1 aromatic carbocycles. The molecule has 2 N–H and O–H groups in total. The Kier molecular flexibility index (Phi) is 4.07. The van der Waals surface area contributed by atoms with Gasteiger partial charge in [-0.15, -0.1) is 11.3 Å². The maximum atomic E-state index is 4.58. The number of rotatable bonds is 4. The molecule has 2 heterocycles. The molecular formula is C15H15BrN4S. The van der Waals surface area contributed by atoms with Gasteiger partial charge in [0.15, 0.2) is 0 Å². The molecule has 0 aliphatic carbocycles. The summed E-state index contributed by atoms with van der Waals surface area (Å²) in [4.78, 5) is 10.1. The molecule has 6 heteroatoms. The van der Waals surface area contributed by atoms with Crippen molar-refractivity contribution in [2.24, 2.45) is 0 Å². The number of anilines is 3. The molecular weight excluding hydrogens is 348 g/mol. The molecule has 108 valence electrons. The fourth-order valence-electron chi connectivity index (χ4n) is 2.06. The number of halogens is 1. The minimum atomic E-state index is 0.652. The fourth-order valence-corrected chi connectivity index (χ4v) is 3.19. The number of hydrogen-bond acceptors (Lipinski definition) is 5. The topological polar surface area (TPSA) is 49.8 Å². The van der Waals surface area contributed by atoms with E-state index < -0.39 is 0 Å². The van der Waals surface area contributed by atoms with E-state index in [-0.39, 0.29) is 0 Å². The number of nitrogens with one attached hydrogen (secondary N) is 2. The monoisotopic (exact) mass is 362 g/mol. The zero-order chi connectivity index (χ0) is 14.8. The summed E-state index contributed by atoms with van der Waals surface area (Å²) >= 11 is 5.24. The third kappa shape index (κ3) is 2.87. The number of benzene rings is 1. The Morgan fingerprint density at radius 2 is 2.10 bits per heavy atom. The number of aromatic nitrogens is 2. The lowest BCUT2D eigenvalue weighted by molar-refractivity contribution is 1.11. The lowest BCUT2D eigenvalue weighted by atomic mass is 10.2. The molecule has 0 aliphatic rings. The Labute approximate surface area is 135 Å². The molecule has 0 atom stereocenters. The van der Waals surface area contributed by atoms with Crippen molar-refractivity contribution in [3.8, 4) is 0 Å². The van der Waals surface area contributed by atoms with Gasteiger partial charge >= 0.3 is 0 Å². The lowest BCUT2D eigenvalue weighted by Gasteiger charge is -2.12. The molecule has 21 heavy (non-hydrogen) atoms. The minimum absolute atomic E-state index is 0.652. The van der Waals surface area contributed by atoms with Crippen molar-refractivity contribution in [2.75, 3.05) is 17.2 Å². The summed E-state index contributed by atoms with van der Waals surface area (Å²) in [6.07, 6.45) is 0. The predicted molar refractivity (Wildman–Crippen MR) is 93.7 cm³/mol. The molecule has 0 aliphatic heterocycles. The molecule has 0 fully saturated rings. The van der Waals surface area contributed by atoms with Gasteiger partial charge < -0.3 is 10.6 Å². The molecule has 3 rings (SSSR count). The summed E-state index contributed by atoms with van der Waals surface area (Å²) in [5.41, 5.74) is 2.19. The number of thiophene rings is 1. The fraction of sp³-hybridized carbons (Fsp3) is 0.200. The van der Waals surface area contributed by atoms with Crippen LogP contribution < -0.4 is 10.6 Å². The number of nitrogens with zero attached hydrogens (tertiary/aromatic N) is 2. The van der Waals surface area contributed by atoms with Crippen LogP contribution in [-0.2, 0) is 0 Å². The first-order chi connectivity index (χ1) is 10.2. The van der Waals surface area contributed by atoms with Crippen LogP contribution >= 0.6 is 27.3 Å². The third-order valence-electron chi connectivity index (χ3n) is 3.10. The average Bonchev–Trinajstić information content (AvgIpc) is 2.93. The summed E-state index contributed by atoms with van der Waals surface area (Å²) in [6.45, 7) is 4.90. The largest absolute Gasteiger partial charge is 0.354 e. The van der Waals surface area contributed by atoms with E-state index >= 15 is 0 Å². The van der Waals surface area contributed by atoms with Gasteiger partial charge in [0.2, 0.25) is 5.95 Å². The molecule has 0 radical (unpaired) electrons. The van der Waals surface area contributed by atoms with Gasteiger partial charge in [-0.25, -0.2) is 4.98 Å². The van der Waals surface area contributed by atoms with E-state index in [0.717, 1.165) is 32.7 Å². The van der Waals surface area contributed by atoms with Gasteiger partial charge in [0, 0.05) is 11.0 Å². The Hall–Kier alpha value is -1.66. The van der Waals surface area contributed by atoms with Gasteiger partial charge in [-0.05, 0) is 52.9 Å². The molecule has 0 saturated heterocycles. The van der Waals surface area contributed by atoms with E-state index in [9.17, 15) is 0 Å². The Morgan fingerprint density at radius 1 is 1.24 bits per heavy atom. The van der Waals surface area contributed by atoms with E-state index in [4.69, 9.17) is 0 Å². The molecule has 0 spiro atoms. The van der Waals surface area contributed by atoms with Crippen LogP contribution in [0.15, 0.2) is 34.1 Å². The van der Waals surface area contributed by atoms with Crippen molar-refractivity contribution >= 4 is 54.9 Å². The van der Waals surface area contributed by atoms with Gasteiger partial charge in [0.1, 0.15) is 10.6 Å². The highest BCUT2D eigenvalue weighted by Gasteiger charge is 2.10. The summed E-state index contributed by atoms with van der Waals surface area (Å²) in [5.74, 6) is 1.47. The molecule has 0 amide bonds. The maximum Gasteiger partial charge on any atom is 0.226 e. The second-order valence-corrected chi connectivity index (χ2v) is 6.31. The Morgan fingerprint density at radius 3 is 2.90 bits per heavy atom. The van der Waals surface area contributed by atoms with Gasteiger partial charge in [0.05, 0.1) is 11.1 Å². The smallest absolute Gasteiger partial charge is 0.226 e. The van der Waals surface area contributed by atoms with Crippen LogP contribution in [-0.4, -0.2) is 16.5 Å². The maximum absolute atomic E-state index is 4.58. The van der Waals surface area contributed by atoms with Crippen molar-refractivity contribution in [3.63, 3.8) is 0 Å². The zero-order valence-electron chi connectivity index (χ0n) is 11.8. The molecule has 0 saturated carbocycles. The highest BCUT2D eigenvalue weighted by atomic mass is 79.9. The summed E-state index contributed by atoms with van der Waals surface area (Å²) in [5, 5.41) is 9.65. The first-order valence-corrected chi connectivity index (χ1v) is 8.37. The number of hydrogen-bond donors (Lipinski definition) is 2. The van der Waals surface area contributed by atoms with Crippen molar-refractivity contribution < 1.29 is 0 Å². The second-order valence-electron chi connectivity index (χ2n) is 4.63. The van der Waals surface area contributed by atoms with E-state index in [1.54, 1.807) is 11.3 Å². The van der Waals surface area contributed by atoms with Gasteiger partial charge in [0.25, 0.3) is 0 Å². The predicted octanol–water partition coefficient (Wildman–Crippen LogP) is 4.94. The first-order valence-electron chi connectivity index (χ1n) is 6.70. The van der Waals surface area contributed by atoms with Crippen molar-refractivity contribution in [2.45, 2.75) is 13.8 Å². The minimum Gasteiger partial charge on any atom is -0.354 e. The van der Waals surface area contributed by atoms with Crippen molar-refractivity contribution in [1.29, 1.82) is 0 Å². The van der Waals surface area contributed by atoms with Crippen LogP contribution in [0.1, 0.15) is 12.5 Å².